The SMILES string of the molecule is N#CCCc1cc(Br)ccc1C(=O)Cl. The van der Waals surface area contributed by atoms with E-state index in [0.717, 1.165) is 10.0 Å². The zero-order chi connectivity index (χ0) is 10.6. The van der Waals surface area contributed by atoms with Crippen molar-refractivity contribution < 1.29 is 4.79 Å². The summed E-state index contributed by atoms with van der Waals surface area (Å²) in [4.78, 5) is 11.0. The van der Waals surface area contributed by atoms with Gasteiger partial charge in [0.15, 0.2) is 0 Å². The van der Waals surface area contributed by atoms with Crippen molar-refractivity contribution in [3.05, 3.63) is 33.8 Å². The molecule has 0 saturated heterocycles. The third kappa shape index (κ3) is 2.83. The number of nitriles is 1. The molecule has 0 spiro atoms. The molecule has 1 rings (SSSR count). The first-order valence-corrected chi connectivity index (χ1v) is 5.17. The predicted octanol–water partition coefficient (Wildman–Crippen LogP) is 3.28. The number of carbonyl (C=O) groups is 1. The van der Waals surface area contributed by atoms with E-state index in [1.165, 1.54) is 0 Å². The molecule has 4 heteroatoms. The Bertz CT molecular complexity index is 398. The van der Waals surface area contributed by atoms with Gasteiger partial charge in [-0.2, -0.15) is 5.26 Å². The lowest BCUT2D eigenvalue weighted by Gasteiger charge is -2.04. The summed E-state index contributed by atoms with van der Waals surface area (Å²) in [6, 6.07) is 7.26. The van der Waals surface area contributed by atoms with Gasteiger partial charge in [-0.3, -0.25) is 4.79 Å². The van der Waals surface area contributed by atoms with Gasteiger partial charge in [0, 0.05) is 16.5 Å². The Kier molecular flexibility index (Phi) is 4.12. The Morgan fingerprint density at radius 3 is 2.86 bits per heavy atom. The summed E-state index contributed by atoms with van der Waals surface area (Å²) in [7, 11) is 0. The fraction of sp³-hybridized carbons (Fsp3) is 0.200. The van der Waals surface area contributed by atoms with Gasteiger partial charge in [0.1, 0.15) is 0 Å². The molecule has 1 aromatic rings. The largest absolute Gasteiger partial charge is 0.276 e. The predicted molar refractivity (Wildman–Crippen MR) is 58.3 cm³/mol. The number of hydrogen-bond donors (Lipinski definition) is 0. The van der Waals surface area contributed by atoms with Gasteiger partial charge in [-0.15, -0.1) is 0 Å². The summed E-state index contributed by atoms with van der Waals surface area (Å²) < 4.78 is 0.882. The fourth-order valence-electron chi connectivity index (χ4n) is 1.15. The number of rotatable bonds is 3. The van der Waals surface area contributed by atoms with Crippen LogP contribution >= 0.6 is 27.5 Å². The Labute approximate surface area is 95.6 Å². The van der Waals surface area contributed by atoms with E-state index in [2.05, 4.69) is 15.9 Å². The maximum absolute atomic E-state index is 11.0. The van der Waals surface area contributed by atoms with Crippen LogP contribution in [0.3, 0.4) is 0 Å². The Morgan fingerprint density at radius 1 is 1.57 bits per heavy atom. The molecule has 14 heavy (non-hydrogen) atoms. The first-order valence-electron chi connectivity index (χ1n) is 4.00. The minimum atomic E-state index is -0.481. The van der Waals surface area contributed by atoms with Crippen LogP contribution in [-0.4, -0.2) is 5.24 Å². The number of hydrogen-bond acceptors (Lipinski definition) is 2. The summed E-state index contributed by atoms with van der Waals surface area (Å²) in [5, 5.41) is 7.97. The van der Waals surface area contributed by atoms with Gasteiger partial charge >= 0.3 is 0 Å². The summed E-state index contributed by atoms with van der Waals surface area (Å²) in [6.07, 6.45) is 0.928. The highest BCUT2D eigenvalue weighted by atomic mass is 79.9. The van der Waals surface area contributed by atoms with Crippen LogP contribution in [0.2, 0.25) is 0 Å². The van der Waals surface area contributed by atoms with Crippen molar-refractivity contribution in [3.8, 4) is 6.07 Å². The van der Waals surface area contributed by atoms with Gasteiger partial charge in [-0.05, 0) is 41.8 Å². The molecule has 0 aliphatic carbocycles. The summed E-state index contributed by atoms with van der Waals surface area (Å²) in [6.45, 7) is 0. The van der Waals surface area contributed by atoms with E-state index >= 15 is 0 Å². The van der Waals surface area contributed by atoms with Crippen molar-refractivity contribution in [2.75, 3.05) is 0 Å². The maximum atomic E-state index is 11.0. The quantitative estimate of drug-likeness (QED) is 0.792. The van der Waals surface area contributed by atoms with E-state index in [4.69, 9.17) is 16.9 Å². The van der Waals surface area contributed by atoms with Gasteiger partial charge in [0.25, 0.3) is 5.24 Å². The van der Waals surface area contributed by atoms with Crippen molar-refractivity contribution in [3.63, 3.8) is 0 Å². The molecule has 72 valence electrons. The van der Waals surface area contributed by atoms with Crippen LogP contribution in [0.25, 0.3) is 0 Å². The number of aryl methyl sites for hydroxylation is 1. The number of carbonyl (C=O) groups excluding carboxylic acids is 1. The standard InChI is InChI=1S/C10H7BrClNO/c11-8-3-4-9(10(12)14)7(6-8)2-1-5-13/h3-4,6H,1-2H2. The van der Waals surface area contributed by atoms with Crippen LogP contribution in [-0.2, 0) is 6.42 Å². The van der Waals surface area contributed by atoms with E-state index in [1.807, 2.05) is 12.1 Å². The van der Waals surface area contributed by atoms with Crippen LogP contribution in [0.1, 0.15) is 22.3 Å². The van der Waals surface area contributed by atoms with E-state index in [9.17, 15) is 4.79 Å². The second kappa shape index (κ2) is 5.14. The van der Waals surface area contributed by atoms with Crippen LogP contribution in [0, 0.1) is 11.3 Å². The molecular formula is C10H7BrClNO. The van der Waals surface area contributed by atoms with Gasteiger partial charge in [-0.1, -0.05) is 15.9 Å². The first kappa shape index (κ1) is 11.2. The van der Waals surface area contributed by atoms with Crippen molar-refractivity contribution >= 4 is 32.8 Å². The molecule has 0 atom stereocenters. The molecule has 2 nitrogen and oxygen atoms in total. The monoisotopic (exact) mass is 271 g/mol. The second-order valence-corrected chi connectivity index (χ2v) is 3.99. The van der Waals surface area contributed by atoms with Gasteiger partial charge < -0.3 is 0 Å². The highest BCUT2D eigenvalue weighted by Gasteiger charge is 2.08. The molecule has 0 aliphatic heterocycles. The van der Waals surface area contributed by atoms with Crippen LogP contribution in [0.15, 0.2) is 22.7 Å². The smallest absolute Gasteiger partial charge is 0.252 e. The first-order chi connectivity index (χ1) is 6.65. The lowest BCUT2D eigenvalue weighted by Crippen LogP contribution is -1.97. The van der Waals surface area contributed by atoms with Gasteiger partial charge in [0.05, 0.1) is 6.07 Å². The molecule has 0 aromatic heterocycles. The van der Waals surface area contributed by atoms with Crippen molar-refractivity contribution in [1.82, 2.24) is 0 Å². The fourth-order valence-corrected chi connectivity index (χ4v) is 1.74. The van der Waals surface area contributed by atoms with Gasteiger partial charge in [-0.25, -0.2) is 0 Å². The Balaban J connectivity index is 3.04. The highest BCUT2D eigenvalue weighted by Crippen LogP contribution is 2.19. The van der Waals surface area contributed by atoms with Crippen LogP contribution < -0.4 is 0 Å². The van der Waals surface area contributed by atoms with Crippen LogP contribution in [0.4, 0.5) is 0 Å². The molecule has 0 amide bonds. The Morgan fingerprint density at radius 2 is 2.29 bits per heavy atom. The molecule has 0 N–H and O–H groups in total. The molecule has 0 saturated carbocycles. The number of halogens is 2. The molecule has 0 bridgehead atoms. The molecule has 0 unspecified atom stereocenters. The lowest BCUT2D eigenvalue weighted by molar-refractivity contribution is 0.108. The molecule has 0 aliphatic rings. The second-order valence-electron chi connectivity index (χ2n) is 2.73. The summed E-state index contributed by atoms with van der Waals surface area (Å²) in [5.41, 5.74) is 1.28. The Hall–Kier alpha value is -0.850. The average molecular weight is 273 g/mol. The van der Waals surface area contributed by atoms with Crippen LogP contribution in [0.5, 0.6) is 0 Å². The van der Waals surface area contributed by atoms with E-state index in [-0.39, 0.29) is 0 Å². The molecule has 0 fully saturated rings. The zero-order valence-electron chi connectivity index (χ0n) is 7.26. The van der Waals surface area contributed by atoms with Crippen molar-refractivity contribution in [1.29, 1.82) is 5.26 Å². The minimum absolute atomic E-state index is 0.383. The van der Waals surface area contributed by atoms with Gasteiger partial charge in [0.2, 0.25) is 0 Å². The molecule has 0 heterocycles. The molecule has 1 aromatic carbocycles. The van der Waals surface area contributed by atoms with Crippen molar-refractivity contribution in [2.24, 2.45) is 0 Å². The molecular weight excluding hydrogens is 265 g/mol. The topological polar surface area (TPSA) is 40.9 Å². The van der Waals surface area contributed by atoms with Crippen molar-refractivity contribution in [2.45, 2.75) is 12.8 Å². The van der Waals surface area contributed by atoms with E-state index in [1.54, 1.807) is 12.1 Å². The normalized spacial score (nSPS) is 9.50. The molecule has 0 radical (unpaired) electrons. The average Bonchev–Trinajstić information content (AvgIpc) is 2.14. The number of nitrogens with zero attached hydrogens (tertiary/aromatic N) is 1. The number of benzene rings is 1. The maximum Gasteiger partial charge on any atom is 0.252 e. The third-order valence-corrected chi connectivity index (χ3v) is 2.48. The lowest BCUT2D eigenvalue weighted by atomic mass is 10.0. The van der Waals surface area contributed by atoms with E-state index < -0.39 is 5.24 Å². The highest BCUT2D eigenvalue weighted by molar-refractivity contribution is 9.10. The third-order valence-electron chi connectivity index (χ3n) is 1.79. The van der Waals surface area contributed by atoms with E-state index in [0.29, 0.717) is 18.4 Å². The minimum Gasteiger partial charge on any atom is -0.276 e. The summed E-state index contributed by atoms with van der Waals surface area (Å²) in [5.74, 6) is 0. The zero-order valence-corrected chi connectivity index (χ0v) is 9.60. The summed E-state index contributed by atoms with van der Waals surface area (Å²) >= 11 is 8.70.